The highest BCUT2D eigenvalue weighted by molar-refractivity contribution is 5.76. The Morgan fingerprint density at radius 1 is 1.36 bits per heavy atom. The fourth-order valence-electron chi connectivity index (χ4n) is 1.16. The quantitative estimate of drug-likeness (QED) is 0.679. The van der Waals surface area contributed by atoms with Gasteiger partial charge in [0.15, 0.2) is 0 Å². The molecule has 76 valence electrons. The highest BCUT2D eigenvalue weighted by Gasteiger charge is 2.20. The van der Waals surface area contributed by atoms with Gasteiger partial charge in [-0.05, 0) is 30.5 Å². The number of hydrogen-bond donors (Lipinski definition) is 0. The van der Waals surface area contributed by atoms with Crippen LogP contribution >= 0.6 is 0 Å². The lowest BCUT2D eigenvalue weighted by atomic mass is 10.0. The lowest BCUT2D eigenvalue weighted by Gasteiger charge is -2.08. The van der Waals surface area contributed by atoms with Gasteiger partial charge in [0, 0.05) is 0 Å². The molecule has 14 heavy (non-hydrogen) atoms. The van der Waals surface area contributed by atoms with Crippen LogP contribution in [0, 0.1) is 13.8 Å². The van der Waals surface area contributed by atoms with Crippen LogP contribution in [0.1, 0.15) is 22.9 Å². The van der Waals surface area contributed by atoms with Gasteiger partial charge in [0.1, 0.15) is 0 Å². The highest BCUT2D eigenvalue weighted by Crippen LogP contribution is 2.21. The highest BCUT2D eigenvalue weighted by atomic mass is 19.1. The van der Waals surface area contributed by atoms with Gasteiger partial charge in [-0.15, -0.1) is 0 Å². The first-order chi connectivity index (χ1) is 6.56. The van der Waals surface area contributed by atoms with Crippen LogP contribution in [0.5, 0.6) is 0 Å². The van der Waals surface area contributed by atoms with E-state index in [9.17, 15) is 9.18 Å². The van der Waals surface area contributed by atoms with Crippen molar-refractivity contribution in [2.24, 2.45) is 0 Å². The maximum Gasteiger partial charge on any atom is 0.345 e. The SMILES string of the molecule is COC(=O)C(F)c1ccc(C)c(C)c1. The molecule has 1 aromatic carbocycles. The number of esters is 1. The Balaban J connectivity index is 2.96. The summed E-state index contributed by atoms with van der Waals surface area (Å²) in [5.74, 6) is -0.853. The summed E-state index contributed by atoms with van der Waals surface area (Å²) in [6, 6.07) is 5.06. The van der Waals surface area contributed by atoms with E-state index in [0.29, 0.717) is 5.56 Å². The summed E-state index contributed by atoms with van der Waals surface area (Å²) in [4.78, 5) is 10.9. The molecule has 0 bridgehead atoms. The molecule has 0 aromatic heterocycles. The van der Waals surface area contributed by atoms with Crippen molar-refractivity contribution in [1.82, 2.24) is 0 Å². The van der Waals surface area contributed by atoms with Crippen LogP contribution in [-0.2, 0) is 9.53 Å². The molecule has 0 aliphatic carbocycles. The molecule has 3 heteroatoms. The van der Waals surface area contributed by atoms with Gasteiger partial charge in [0.05, 0.1) is 7.11 Å². The molecular weight excluding hydrogens is 183 g/mol. The third kappa shape index (κ3) is 2.10. The van der Waals surface area contributed by atoms with Crippen molar-refractivity contribution in [2.75, 3.05) is 7.11 Å². The monoisotopic (exact) mass is 196 g/mol. The predicted molar refractivity (Wildman–Crippen MR) is 51.8 cm³/mol. The molecule has 0 aliphatic heterocycles. The molecule has 1 rings (SSSR count). The summed E-state index contributed by atoms with van der Waals surface area (Å²) in [7, 11) is 1.18. The van der Waals surface area contributed by atoms with Gasteiger partial charge in [-0.25, -0.2) is 9.18 Å². The zero-order valence-electron chi connectivity index (χ0n) is 8.50. The second-order valence-corrected chi connectivity index (χ2v) is 3.23. The summed E-state index contributed by atoms with van der Waals surface area (Å²) in [6.07, 6.45) is -1.68. The molecule has 0 aliphatic rings. The molecule has 2 nitrogen and oxygen atoms in total. The number of rotatable bonds is 2. The largest absolute Gasteiger partial charge is 0.467 e. The van der Waals surface area contributed by atoms with Crippen molar-refractivity contribution in [3.05, 3.63) is 34.9 Å². The van der Waals surface area contributed by atoms with Crippen molar-refractivity contribution in [3.8, 4) is 0 Å². The Hall–Kier alpha value is -1.38. The topological polar surface area (TPSA) is 26.3 Å². The summed E-state index contributed by atoms with van der Waals surface area (Å²) in [5.41, 5.74) is 2.39. The van der Waals surface area contributed by atoms with E-state index in [4.69, 9.17) is 0 Å². The summed E-state index contributed by atoms with van der Waals surface area (Å²) in [5, 5.41) is 0. The van der Waals surface area contributed by atoms with Gasteiger partial charge >= 0.3 is 5.97 Å². The van der Waals surface area contributed by atoms with Crippen molar-refractivity contribution < 1.29 is 13.9 Å². The van der Waals surface area contributed by atoms with E-state index in [1.54, 1.807) is 18.2 Å². The minimum absolute atomic E-state index is 0.347. The minimum atomic E-state index is -1.68. The zero-order valence-corrected chi connectivity index (χ0v) is 8.50. The first kappa shape index (κ1) is 10.7. The van der Waals surface area contributed by atoms with Gasteiger partial charge in [0.2, 0.25) is 6.17 Å². The van der Waals surface area contributed by atoms with Gasteiger partial charge in [0.25, 0.3) is 0 Å². The number of benzene rings is 1. The lowest BCUT2D eigenvalue weighted by Crippen LogP contribution is -2.09. The molecule has 1 atom stereocenters. The minimum Gasteiger partial charge on any atom is -0.467 e. The molecule has 0 amide bonds. The van der Waals surface area contributed by atoms with E-state index in [1.165, 1.54) is 7.11 Å². The third-order valence-corrected chi connectivity index (χ3v) is 2.23. The van der Waals surface area contributed by atoms with Crippen LogP contribution in [0.2, 0.25) is 0 Å². The lowest BCUT2D eigenvalue weighted by molar-refractivity contribution is -0.146. The molecule has 0 heterocycles. The third-order valence-electron chi connectivity index (χ3n) is 2.23. The summed E-state index contributed by atoms with van der Waals surface area (Å²) >= 11 is 0. The zero-order chi connectivity index (χ0) is 10.7. The molecular formula is C11H13FO2. The fourth-order valence-corrected chi connectivity index (χ4v) is 1.16. The van der Waals surface area contributed by atoms with Crippen molar-refractivity contribution in [2.45, 2.75) is 20.0 Å². The smallest absolute Gasteiger partial charge is 0.345 e. The van der Waals surface area contributed by atoms with Crippen LogP contribution in [0.4, 0.5) is 4.39 Å². The summed E-state index contributed by atoms with van der Waals surface area (Å²) < 4.78 is 17.7. The number of methoxy groups -OCH3 is 1. The van der Waals surface area contributed by atoms with Crippen molar-refractivity contribution >= 4 is 5.97 Å². The van der Waals surface area contributed by atoms with Gasteiger partial charge < -0.3 is 4.74 Å². The molecule has 0 N–H and O–H groups in total. The first-order valence-electron chi connectivity index (χ1n) is 4.35. The number of ether oxygens (including phenoxy) is 1. The first-order valence-corrected chi connectivity index (χ1v) is 4.35. The Labute approximate surface area is 82.7 Å². The number of aryl methyl sites for hydroxylation is 2. The molecule has 0 spiro atoms. The maximum atomic E-state index is 13.4. The van der Waals surface area contributed by atoms with Crippen LogP contribution in [0.25, 0.3) is 0 Å². The number of carbonyl (C=O) groups excluding carboxylic acids is 1. The molecule has 0 saturated heterocycles. The van der Waals surface area contributed by atoms with Gasteiger partial charge in [-0.2, -0.15) is 0 Å². The average molecular weight is 196 g/mol. The Bertz CT molecular complexity index is 347. The fraction of sp³-hybridized carbons (Fsp3) is 0.364. The van der Waals surface area contributed by atoms with Crippen LogP contribution in [0.15, 0.2) is 18.2 Å². The molecule has 0 saturated carbocycles. The standard InChI is InChI=1S/C11H13FO2/c1-7-4-5-9(6-8(7)2)10(12)11(13)14-3/h4-6,10H,1-3H3. The Morgan fingerprint density at radius 3 is 2.50 bits per heavy atom. The summed E-state index contributed by atoms with van der Waals surface area (Å²) in [6.45, 7) is 3.81. The number of halogens is 1. The predicted octanol–water partition coefficient (Wildman–Crippen LogP) is 2.49. The Kier molecular flexibility index (Phi) is 3.23. The Morgan fingerprint density at radius 2 is 2.00 bits per heavy atom. The number of carbonyl (C=O) groups is 1. The van der Waals surface area contributed by atoms with Crippen LogP contribution in [0.3, 0.4) is 0 Å². The van der Waals surface area contributed by atoms with E-state index < -0.39 is 12.1 Å². The van der Waals surface area contributed by atoms with Crippen molar-refractivity contribution in [1.29, 1.82) is 0 Å². The van der Waals surface area contributed by atoms with Gasteiger partial charge in [-0.1, -0.05) is 18.2 Å². The van der Waals surface area contributed by atoms with Gasteiger partial charge in [-0.3, -0.25) is 0 Å². The van der Waals surface area contributed by atoms with Crippen molar-refractivity contribution in [3.63, 3.8) is 0 Å². The number of hydrogen-bond acceptors (Lipinski definition) is 2. The second kappa shape index (κ2) is 4.22. The van der Waals surface area contributed by atoms with E-state index in [-0.39, 0.29) is 0 Å². The second-order valence-electron chi connectivity index (χ2n) is 3.23. The van der Waals surface area contributed by atoms with Crippen LogP contribution in [-0.4, -0.2) is 13.1 Å². The maximum absolute atomic E-state index is 13.4. The van der Waals surface area contributed by atoms with Crippen LogP contribution < -0.4 is 0 Å². The van der Waals surface area contributed by atoms with E-state index in [2.05, 4.69) is 4.74 Å². The van der Waals surface area contributed by atoms with E-state index in [1.807, 2.05) is 13.8 Å². The normalized spacial score (nSPS) is 12.3. The molecule has 1 unspecified atom stereocenters. The van der Waals surface area contributed by atoms with E-state index in [0.717, 1.165) is 11.1 Å². The van der Waals surface area contributed by atoms with E-state index >= 15 is 0 Å². The number of alkyl halides is 1. The molecule has 0 fully saturated rings. The molecule has 0 radical (unpaired) electrons. The molecule has 1 aromatic rings. The average Bonchev–Trinajstić information content (AvgIpc) is 2.20.